The third-order valence-electron chi connectivity index (χ3n) is 6.75. The Balaban J connectivity index is 1.44. The summed E-state index contributed by atoms with van der Waals surface area (Å²) < 4.78 is 20.3. The fourth-order valence-electron chi connectivity index (χ4n) is 5.12. The number of rotatable bonds is 6. The highest BCUT2D eigenvalue weighted by Crippen LogP contribution is 2.31. The molecule has 0 spiro atoms. The first-order valence-corrected chi connectivity index (χ1v) is 10.8. The summed E-state index contributed by atoms with van der Waals surface area (Å²) in [5, 5.41) is 3.65. The molecule has 0 amide bonds. The minimum atomic E-state index is -0.0779. The number of ether oxygens (including phenoxy) is 1. The largest absolute Gasteiger partial charge is 0.381 e. The minimum absolute atomic E-state index is 0.0779. The number of benzene rings is 1. The predicted octanol–water partition coefficient (Wildman–Crippen LogP) is 3.55. The maximum Gasteiger partial charge on any atom is 0.129 e. The third kappa shape index (κ3) is 4.30. The monoisotopic (exact) mass is 375 g/mol. The van der Waals surface area contributed by atoms with Crippen molar-refractivity contribution in [3.8, 4) is 0 Å². The molecule has 0 unspecified atom stereocenters. The zero-order valence-corrected chi connectivity index (χ0v) is 16.5. The van der Waals surface area contributed by atoms with Crippen molar-refractivity contribution in [2.75, 3.05) is 50.8 Å². The number of nitrogens with zero attached hydrogens (tertiary/aromatic N) is 2. The van der Waals surface area contributed by atoms with Gasteiger partial charge in [-0.3, -0.25) is 4.90 Å². The van der Waals surface area contributed by atoms with Crippen LogP contribution in [0.5, 0.6) is 0 Å². The zero-order chi connectivity index (χ0) is 18.5. The van der Waals surface area contributed by atoms with Crippen molar-refractivity contribution in [3.05, 3.63) is 29.6 Å². The lowest BCUT2D eigenvalue weighted by molar-refractivity contribution is -0.0358. The molecule has 1 aromatic rings. The van der Waals surface area contributed by atoms with E-state index < -0.39 is 0 Å². The maximum atomic E-state index is 14.6. The Morgan fingerprint density at radius 2 is 1.67 bits per heavy atom. The molecule has 4 nitrogen and oxygen atoms in total. The van der Waals surface area contributed by atoms with Gasteiger partial charge in [0.05, 0.1) is 0 Å². The van der Waals surface area contributed by atoms with E-state index in [-0.39, 0.29) is 11.4 Å². The molecule has 3 aliphatic heterocycles. The number of likely N-dealkylation sites (tertiary alicyclic amines) is 1. The first-order chi connectivity index (χ1) is 13.3. The SMILES string of the molecule is Fc1cccc(N2CCCC2)c1CNCC1(N2CCCCC2)CCOCC1. The molecule has 3 heterocycles. The van der Waals surface area contributed by atoms with E-state index >= 15 is 0 Å². The van der Waals surface area contributed by atoms with Crippen molar-refractivity contribution in [1.82, 2.24) is 10.2 Å². The number of anilines is 1. The van der Waals surface area contributed by atoms with E-state index in [1.54, 1.807) is 6.07 Å². The molecule has 3 saturated heterocycles. The number of nitrogens with one attached hydrogen (secondary N) is 1. The summed E-state index contributed by atoms with van der Waals surface area (Å²) in [5.74, 6) is -0.0779. The molecular weight excluding hydrogens is 341 g/mol. The smallest absolute Gasteiger partial charge is 0.129 e. The summed E-state index contributed by atoms with van der Waals surface area (Å²) in [7, 11) is 0. The molecule has 5 heteroatoms. The fraction of sp³-hybridized carbons (Fsp3) is 0.727. The number of hydrogen-bond donors (Lipinski definition) is 1. The van der Waals surface area contributed by atoms with Crippen molar-refractivity contribution in [2.45, 2.75) is 57.0 Å². The van der Waals surface area contributed by atoms with Crippen LogP contribution in [0.1, 0.15) is 50.5 Å². The first kappa shape index (κ1) is 19.2. The Morgan fingerprint density at radius 3 is 2.41 bits per heavy atom. The van der Waals surface area contributed by atoms with Gasteiger partial charge in [-0.25, -0.2) is 4.39 Å². The van der Waals surface area contributed by atoms with Gasteiger partial charge in [0, 0.05) is 56.2 Å². The van der Waals surface area contributed by atoms with Crippen molar-refractivity contribution >= 4 is 5.69 Å². The second-order valence-corrected chi connectivity index (χ2v) is 8.42. The molecule has 0 aliphatic carbocycles. The normalized spacial score (nSPS) is 23.7. The standard InChI is InChI=1S/C22H34FN3O/c23-20-7-6-8-21(25-11-4-5-12-25)19(20)17-24-18-22(9-15-27-16-10-22)26-13-2-1-3-14-26/h6-8,24H,1-5,9-18H2. The average Bonchev–Trinajstić information content (AvgIpc) is 3.25. The highest BCUT2D eigenvalue weighted by Gasteiger charge is 2.38. The zero-order valence-electron chi connectivity index (χ0n) is 16.5. The lowest BCUT2D eigenvalue weighted by atomic mass is 9.86. The Morgan fingerprint density at radius 1 is 0.963 bits per heavy atom. The van der Waals surface area contributed by atoms with Gasteiger partial charge in [-0.05, 0) is 63.7 Å². The van der Waals surface area contributed by atoms with E-state index in [9.17, 15) is 4.39 Å². The summed E-state index contributed by atoms with van der Waals surface area (Å²) >= 11 is 0. The van der Waals surface area contributed by atoms with E-state index in [0.717, 1.165) is 56.9 Å². The Labute approximate surface area is 163 Å². The maximum absolute atomic E-state index is 14.6. The van der Waals surface area contributed by atoms with Gasteiger partial charge in [-0.2, -0.15) is 0 Å². The summed E-state index contributed by atoms with van der Waals surface area (Å²) in [6.07, 6.45) is 8.53. The molecule has 1 N–H and O–H groups in total. The van der Waals surface area contributed by atoms with Crippen LogP contribution < -0.4 is 10.2 Å². The third-order valence-corrected chi connectivity index (χ3v) is 6.75. The summed E-state index contributed by atoms with van der Waals surface area (Å²) in [6, 6.07) is 5.53. The molecule has 0 radical (unpaired) electrons. The second kappa shape index (κ2) is 8.89. The van der Waals surface area contributed by atoms with Crippen LogP contribution in [-0.2, 0) is 11.3 Å². The Kier molecular flexibility index (Phi) is 6.31. The Hall–Kier alpha value is -1.17. The van der Waals surface area contributed by atoms with E-state index in [0.29, 0.717) is 6.54 Å². The van der Waals surface area contributed by atoms with Crippen molar-refractivity contribution < 1.29 is 9.13 Å². The van der Waals surface area contributed by atoms with Crippen LogP contribution in [0.2, 0.25) is 0 Å². The molecule has 4 rings (SSSR count). The molecule has 27 heavy (non-hydrogen) atoms. The van der Waals surface area contributed by atoms with Crippen molar-refractivity contribution in [1.29, 1.82) is 0 Å². The molecule has 0 saturated carbocycles. The van der Waals surface area contributed by atoms with Crippen LogP contribution in [0.4, 0.5) is 10.1 Å². The van der Waals surface area contributed by atoms with Gasteiger partial charge in [0.2, 0.25) is 0 Å². The number of halogens is 1. The van der Waals surface area contributed by atoms with E-state index in [4.69, 9.17) is 4.74 Å². The molecule has 0 atom stereocenters. The second-order valence-electron chi connectivity index (χ2n) is 8.42. The summed E-state index contributed by atoms with van der Waals surface area (Å²) in [5.41, 5.74) is 2.09. The summed E-state index contributed by atoms with van der Waals surface area (Å²) in [4.78, 5) is 5.03. The van der Waals surface area contributed by atoms with E-state index in [1.807, 2.05) is 6.07 Å². The molecule has 3 fully saturated rings. The van der Waals surface area contributed by atoms with Gasteiger partial charge < -0.3 is 15.0 Å². The Bertz CT molecular complexity index is 606. The quantitative estimate of drug-likeness (QED) is 0.823. The average molecular weight is 376 g/mol. The fourth-order valence-corrected chi connectivity index (χ4v) is 5.12. The highest BCUT2D eigenvalue weighted by molar-refractivity contribution is 5.54. The first-order valence-electron chi connectivity index (χ1n) is 10.8. The molecule has 150 valence electrons. The van der Waals surface area contributed by atoms with Crippen LogP contribution in [-0.4, -0.2) is 56.4 Å². The van der Waals surface area contributed by atoms with Gasteiger partial charge in [0.1, 0.15) is 5.82 Å². The molecule has 0 bridgehead atoms. The van der Waals surface area contributed by atoms with E-state index in [1.165, 1.54) is 45.2 Å². The van der Waals surface area contributed by atoms with Crippen LogP contribution in [0, 0.1) is 5.82 Å². The lowest BCUT2D eigenvalue weighted by Gasteiger charge is -2.48. The van der Waals surface area contributed by atoms with Gasteiger partial charge >= 0.3 is 0 Å². The topological polar surface area (TPSA) is 27.7 Å². The summed E-state index contributed by atoms with van der Waals surface area (Å²) in [6.45, 7) is 7.70. The van der Waals surface area contributed by atoms with Gasteiger partial charge in [-0.15, -0.1) is 0 Å². The predicted molar refractivity (Wildman–Crippen MR) is 108 cm³/mol. The van der Waals surface area contributed by atoms with Crippen molar-refractivity contribution in [2.24, 2.45) is 0 Å². The molecular formula is C22H34FN3O. The highest BCUT2D eigenvalue weighted by atomic mass is 19.1. The van der Waals surface area contributed by atoms with E-state index in [2.05, 4.69) is 21.2 Å². The van der Waals surface area contributed by atoms with Crippen LogP contribution in [0.3, 0.4) is 0 Å². The molecule has 1 aromatic carbocycles. The molecule has 0 aromatic heterocycles. The van der Waals surface area contributed by atoms with Crippen molar-refractivity contribution in [3.63, 3.8) is 0 Å². The van der Waals surface area contributed by atoms with Gasteiger partial charge in [-0.1, -0.05) is 12.5 Å². The van der Waals surface area contributed by atoms with Crippen LogP contribution in [0.15, 0.2) is 18.2 Å². The van der Waals surface area contributed by atoms with Crippen LogP contribution in [0.25, 0.3) is 0 Å². The number of piperidine rings is 1. The van der Waals surface area contributed by atoms with Gasteiger partial charge in [0.15, 0.2) is 0 Å². The lowest BCUT2D eigenvalue weighted by Crippen LogP contribution is -2.59. The molecule has 3 aliphatic rings. The van der Waals surface area contributed by atoms with Gasteiger partial charge in [0.25, 0.3) is 0 Å². The number of hydrogen-bond acceptors (Lipinski definition) is 4. The minimum Gasteiger partial charge on any atom is -0.381 e. The van der Waals surface area contributed by atoms with Crippen LogP contribution >= 0.6 is 0 Å².